The third-order valence-corrected chi connectivity index (χ3v) is 11.0. The number of aromatic nitrogens is 3. The van der Waals surface area contributed by atoms with Crippen molar-refractivity contribution in [3.8, 4) is 56.4 Å². The summed E-state index contributed by atoms with van der Waals surface area (Å²) in [5, 5.41) is 6.11. The second-order valence-electron chi connectivity index (χ2n) is 14.3. The van der Waals surface area contributed by atoms with E-state index in [1.165, 1.54) is 0 Å². The molecule has 0 saturated carbocycles. The van der Waals surface area contributed by atoms with Gasteiger partial charge in [-0.1, -0.05) is 140 Å². The zero-order valence-electron chi connectivity index (χ0n) is 30.3. The fourth-order valence-corrected chi connectivity index (χ4v) is 8.37. The normalized spacial score (nSPS) is 11.9. The third-order valence-electron chi connectivity index (χ3n) is 11.0. The Hall–Kier alpha value is -7.83. The molecule has 0 saturated heterocycles. The van der Waals surface area contributed by atoms with Gasteiger partial charge in [0.15, 0.2) is 17.5 Å². The lowest BCUT2D eigenvalue weighted by Gasteiger charge is -2.10. The highest BCUT2D eigenvalue weighted by Crippen LogP contribution is 2.43. The number of fused-ring (bicyclic) bond motifs is 9. The van der Waals surface area contributed by atoms with E-state index in [1.54, 1.807) is 0 Å². The van der Waals surface area contributed by atoms with Gasteiger partial charge in [0.05, 0.1) is 5.56 Å². The summed E-state index contributed by atoms with van der Waals surface area (Å²) in [5.41, 5.74) is 11.7. The SMILES string of the molecule is c1ccc(-c2nc(-c3cccc4c3oc3ccccc34)nc(-c3cccc4oc5ccc(-c6cccc7oc8c(-c9ccccc9)cccc8c67)cc5c34)n2)cc1. The van der Waals surface area contributed by atoms with Crippen molar-refractivity contribution in [1.82, 2.24) is 15.0 Å². The molecule has 0 aliphatic rings. The highest BCUT2D eigenvalue weighted by atomic mass is 16.3. The lowest BCUT2D eigenvalue weighted by molar-refractivity contribution is 0.668. The monoisotopic (exact) mass is 731 g/mol. The predicted octanol–water partition coefficient (Wildman–Crippen LogP) is 13.9. The van der Waals surface area contributed by atoms with Gasteiger partial charge in [0.1, 0.15) is 33.5 Å². The van der Waals surface area contributed by atoms with Crippen LogP contribution in [0.15, 0.2) is 189 Å². The summed E-state index contributed by atoms with van der Waals surface area (Å²) in [6.07, 6.45) is 0. The third kappa shape index (κ3) is 4.94. The summed E-state index contributed by atoms with van der Waals surface area (Å²) in [4.78, 5) is 15.4. The molecule has 0 N–H and O–H groups in total. The van der Waals surface area contributed by atoms with Gasteiger partial charge in [-0.25, -0.2) is 15.0 Å². The van der Waals surface area contributed by atoms with Crippen LogP contribution in [-0.4, -0.2) is 15.0 Å². The first kappa shape index (κ1) is 31.5. The minimum Gasteiger partial charge on any atom is -0.456 e. The van der Waals surface area contributed by atoms with Gasteiger partial charge in [-0.15, -0.1) is 0 Å². The van der Waals surface area contributed by atoms with E-state index in [1.807, 2.05) is 84.9 Å². The summed E-state index contributed by atoms with van der Waals surface area (Å²) in [6, 6.07) is 59.7. The Labute approximate surface area is 325 Å². The molecule has 0 unspecified atom stereocenters. The van der Waals surface area contributed by atoms with E-state index in [4.69, 9.17) is 28.2 Å². The van der Waals surface area contributed by atoms with Gasteiger partial charge >= 0.3 is 0 Å². The van der Waals surface area contributed by atoms with E-state index < -0.39 is 0 Å². The van der Waals surface area contributed by atoms with E-state index in [9.17, 15) is 0 Å². The smallest absolute Gasteiger partial charge is 0.167 e. The quantitative estimate of drug-likeness (QED) is 0.175. The van der Waals surface area contributed by atoms with Crippen LogP contribution in [0.2, 0.25) is 0 Å². The summed E-state index contributed by atoms with van der Waals surface area (Å²) >= 11 is 0. The van der Waals surface area contributed by atoms with E-state index in [0.29, 0.717) is 17.5 Å². The molecule has 0 aliphatic heterocycles. The zero-order valence-corrected chi connectivity index (χ0v) is 30.3. The molecule has 266 valence electrons. The molecule has 12 rings (SSSR count). The van der Waals surface area contributed by atoms with Gasteiger partial charge in [0.2, 0.25) is 0 Å². The van der Waals surface area contributed by atoms with E-state index in [-0.39, 0.29) is 0 Å². The number of nitrogens with zero attached hydrogens (tertiary/aromatic N) is 3. The van der Waals surface area contributed by atoms with Crippen LogP contribution in [0.5, 0.6) is 0 Å². The van der Waals surface area contributed by atoms with Crippen molar-refractivity contribution in [2.24, 2.45) is 0 Å². The molecule has 0 radical (unpaired) electrons. The molecule has 0 aliphatic carbocycles. The second-order valence-corrected chi connectivity index (χ2v) is 14.3. The van der Waals surface area contributed by atoms with Crippen molar-refractivity contribution < 1.29 is 13.3 Å². The van der Waals surface area contributed by atoms with Crippen LogP contribution >= 0.6 is 0 Å². The maximum atomic E-state index is 6.61. The number of hydrogen-bond donors (Lipinski definition) is 0. The standard InChI is InChI=1S/C51H29N3O3/c1-3-13-30(14-4-1)34-19-9-21-37-45-33(18-11-26-44(45)57-47(34)37)32-27-28-42-40(29-32)46-38(22-12-25-43(46)55-42)50-52-49(31-15-5-2-6-16-31)53-51(54-50)39-23-10-20-36-35-17-7-8-24-41(35)56-48(36)39/h1-29H. The van der Waals surface area contributed by atoms with Crippen molar-refractivity contribution in [1.29, 1.82) is 0 Å². The number of benzene rings is 8. The number of hydrogen-bond acceptors (Lipinski definition) is 6. The summed E-state index contributed by atoms with van der Waals surface area (Å²) in [6.45, 7) is 0. The maximum absolute atomic E-state index is 6.61. The summed E-state index contributed by atoms with van der Waals surface area (Å²) in [7, 11) is 0. The molecule has 6 heteroatoms. The second kappa shape index (κ2) is 12.3. The summed E-state index contributed by atoms with van der Waals surface area (Å²) in [5.74, 6) is 1.65. The minimum atomic E-state index is 0.530. The molecule has 0 spiro atoms. The van der Waals surface area contributed by atoms with Crippen LogP contribution in [-0.2, 0) is 0 Å². The fraction of sp³-hybridized carbons (Fsp3) is 0. The lowest BCUT2D eigenvalue weighted by Crippen LogP contribution is -2.00. The van der Waals surface area contributed by atoms with Gasteiger partial charge in [0.25, 0.3) is 0 Å². The molecule has 57 heavy (non-hydrogen) atoms. The Kier molecular flexibility index (Phi) is 6.83. The van der Waals surface area contributed by atoms with Crippen LogP contribution in [0, 0.1) is 0 Å². The molecular formula is C51H29N3O3. The molecule has 4 aromatic heterocycles. The zero-order chi connectivity index (χ0) is 37.5. The molecule has 0 fully saturated rings. The molecule has 0 bridgehead atoms. The van der Waals surface area contributed by atoms with Crippen molar-refractivity contribution in [3.63, 3.8) is 0 Å². The van der Waals surface area contributed by atoms with Crippen molar-refractivity contribution in [2.75, 3.05) is 0 Å². The highest BCUT2D eigenvalue weighted by molar-refractivity contribution is 6.17. The molecule has 4 heterocycles. The van der Waals surface area contributed by atoms with Gasteiger partial charge < -0.3 is 13.3 Å². The van der Waals surface area contributed by atoms with Crippen molar-refractivity contribution in [3.05, 3.63) is 176 Å². The Balaban J connectivity index is 1.07. The van der Waals surface area contributed by atoms with Crippen LogP contribution in [0.25, 0.3) is 122 Å². The molecule has 0 atom stereocenters. The van der Waals surface area contributed by atoms with Crippen LogP contribution in [0.1, 0.15) is 0 Å². The lowest BCUT2D eigenvalue weighted by atomic mass is 9.96. The largest absolute Gasteiger partial charge is 0.456 e. The molecular weight excluding hydrogens is 703 g/mol. The Morgan fingerprint density at radius 3 is 1.63 bits per heavy atom. The van der Waals surface area contributed by atoms with E-state index in [0.717, 1.165) is 105 Å². The predicted molar refractivity (Wildman–Crippen MR) is 229 cm³/mol. The first-order valence-corrected chi connectivity index (χ1v) is 18.9. The average Bonchev–Trinajstić information content (AvgIpc) is 3.98. The van der Waals surface area contributed by atoms with Gasteiger partial charge in [-0.3, -0.25) is 0 Å². The first-order chi connectivity index (χ1) is 28.2. The molecule has 6 nitrogen and oxygen atoms in total. The van der Waals surface area contributed by atoms with E-state index in [2.05, 4.69) is 91.0 Å². The maximum Gasteiger partial charge on any atom is 0.167 e. The van der Waals surface area contributed by atoms with Crippen LogP contribution in [0.3, 0.4) is 0 Å². The fourth-order valence-electron chi connectivity index (χ4n) is 8.37. The highest BCUT2D eigenvalue weighted by Gasteiger charge is 2.22. The van der Waals surface area contributed by atoms with Gasteiger partial charge in [-0.2, -0.15) is 0 Å². The molecule has 8 aromatic carbocycles. The van der Waals surface area contributed by atoms with E-state index >= 15 is 0 Å². The Morgan fingerprint density at radius 2 is 0.807 bits per heavy atom. The summed E-state index contributed by atoms with van der Waals surface area (Å²) < 4.78 is 19.6. The van der Waals surface area contributed by atoms with Crippen molar-refractivity contribution >= 4 is 65.8 Å². The molecule has 12 aromatic rings. The first-order valence-electron chi connectivity index (χ1n) is 18.9. The topological polar surface area (TPSA) is 78.1 Å². The molecule has 0 amide bonds. The van der Waals surface area contributed by atoms with Crippen LogP contribution in [0.4, 0.5) is 0 Å². The number of furan rings is 3. The number of para-hydroxylation sites is 3. The van der Waals surface area contributed by atoms with Gasteiger partial charge in [-0.05, 0) is 53.1 Å². The van der Waals surface area contributed by atoms with Crippen LogP contribution < -0.4 is 0 Å². The number of rotatable bonds is 5. The average molecular weight is 732 g/mol. The Bertz CT molecular complexity index is 3530. The van der Waals surface area contributed by atoms with Gasteiger partial charge in [0, 0.05) is 49.0 Å². The minimum absolute atomic E-state index is 0.530. The van der Waals surface area contributed by atoms with Crippen molar-refractivity contribution in [2.45, 2.75) is 0 Å². The Morgan fingerprint density at radius 1 is 0.281 bits per heavy atom.